The molecule has 1 fully saturated rings. The van der Waals surface area contributed by atoms with Crippen LogP contribution < -0.4 is 4.90 Å². The molecule has 4 heteroatoms. The molecule has 1 aliphatic carbocycles. The summed E-state index contributed by atoms with van der Waals surface area (Å²) in [6, 6.07) is 0. The van der Waals surface area contributed by atoms with Gasteiger partial charge in [0, 0.05) is 18.0 Å². The van der Waals surface area contributed by atoms with E-state index in [-0.39, 0.29) is 0 Å². The van der Waals surface area contributed by atoms with Gasteiger partial charge in [0.15, 0.2) is 0 Å². The van der Waals surface area contributed by atoms with Gasteiger partial charge in [-0.15, -0.1) is 11.3 Å². The van der Waals surface area contributed by atoms with Crippen LogP contribution in [0, 0.1) is 5.92 Å². The molecular formula is C16H21N3S. The van der Waals surface area contributed by atoms with Gasteiger partial charge < -0.3 is 4.90 Å². The van der Waals surface area contributed by atoms with Crippen LogP contribution in [0.1, 0.15) is 43.0 Å². The molecular weight excluding hydrogens is 266 g/mol. The maximum absolute atomic E-state index is 4.66. The van der Waals surface area contributed by atoms with Crippen LogP contribution in [0.25, 0.3) is 10.2 Å². The number of anilines is 1. The molecule has 3 nitrogen and oxygen atoms in total. The molecule has 2 aromatic rings. The van der Waals surface area contributed by atoms with Crippen molar-refractivity contribution >= 4 is 27.4 Å². The minimum atomic E-state index is 0.861. The van der Waals surface area contributed by atoms with Crippen LogP contribution in [0.15, 0.2) is 6.33 Å². The molecule has 1 aliphatic heterocycles. The molecule has 20 heavy (non-hydrogen) atoms. The average molecular weight is 287 g/mol. The summed E-state index contributed by atoms with van der Waals surface area (Å²) in [5, 5.41) is 1.38. The second kappa shape index (κ2) is 4.99. The fourth-order valence-corrected chi connectivity index (χ4v) is 4.76. The molecule has 3 heterocycles. The van der Waals surface area contributed by atoms with Crippen molar-refractivity contribution in [3.63, 3.8) is 0 Å². The topological polar surface area (TPSA) is 29.0 Å². The van der Waals surface area contributed by atoms with Crippen molar-refractivity contribution in [2.24, 2.45) is 5.92 Å². The molecule has 4 rings (SSSR count). The Kier molecular flexibility index (Phi) is 3.14. The normalized spacial score (nSPS) is 20.4. The Labute approximate surface area is 124 Å². The molecule has 0 bridgehead atoms. The van der Waals surface area contributed by atoms with Gasteiger partial charge in [-0.05, 0) is 50.0 Å². The molecule has 0 atom stereocenters. The molecule has 2 aromatic heterocycles. The number of hydrogen-bond donors (Lipinski definition) is 0. The van der Waals surface area contributed by atoms with Gasteiger partial charge in [0.2, 0.25) is 0 Å². The Bertz CT molecular complexity index is 626. The zero-order valence-corrected chi connectivity index (χ0v) is 12.9. The molecule has 106 valence electrons. The fraction of sp³-hybridized carbons (Fsp3) is 0.625. The van der Waals surface area contributed by atoms with Crippen molar-refractivity contribution < 1.29 is 0 Å². The van der Waals surface area contributed by atoms with Crippen LogP contribution in [-0.2, 0) is 12.8 Å². The fourth-order valence-electron chi connectivity index (χ4n) is 3.53. The lowest BCUT2D eigenvalue weighted by Crippen LogP contribution is -2.33. The lowest BCUT2D eigenvalue weighted by atomic mass is 9.96. The summed E-state index contributed by atoms with van der Waals surface area (Å²) in [5.41, 5.74) is 1.56. The van der Waals surface area contributed by atoms with Gasteiger partial charge in [-0.3, -0.25) is 0 Å². The SMILES string of the molecule is CC1CCN(c2ncnc3sc4c(c23)CCCC4)CC1. The number of aromatic nitrogens is 2. The van der Waals surface area contributed by atoms with Gasteiger partial charge in [0.05, 0.1) is 5.39 Å². The largest absolute Gasteiger partial charge is 0.356 e. The summed E-state index contributed by atoms with van der Waals surface area (Å²) in [6.07, 6.45) is 9.47. The number of aryl methyl sites for hydroxylation is 2. The van der Waals surface area contributed by atoms with E-state index in [1.165, 1.54) is 54.6 Å². The molecule has 0 N–H and O–H groups in total. The van der Waals surface area contributed by atoms with Crippen LogP contribution in [0.5, 0.6) is 0 Å². The number of rotatable bonds is 1. The minimum Gasteiger partial charge on any atom is -0.356 e. The Balaban J connectivity index is 1.80. The van der Waals surface area contributed by atoms with Crippen molar-refractivity contribution in [1.82, 2.24) is 9.97 Å². The third-order valence-corrected chi connectivity index (χ3v) is 6.01. The molecule has 2 aliphatic rings. The first-order chi connectivity index (χ1) is 9.83. The molecule has 0 amide bonds. The summed E-state index contributed by atoms with van der Waals surface area (Å²) < 4.78 is 0. The van der Waals surface area contributed by atoms with E-state index in [1.54, 1.807) is 16.8 Å². The molecule has 0 aromatic carbocycles. The number of nitrogens with zero attached hydrogens (tertiary/aromatic N) is 3. The summed E-state index contributed by atoms with van der Waals surface area (Å²) in [6.45, 7) is 4.66. The lowest BCUT2D eigenvalue weighted by Gasteiger charge is -2.31. The number of fused-ring (bicyclic) bond motifs is 3. The van der Waals surface area contributed by atoms with Crippen molar-refractivity contribution in [3.05, 3.63) is 16.8 Å². The van der Waals surface area contributed by atoms with Gasteiger partial charge >= 0.3 is 0 Å². The minimum absolute atomic E-state index is 0.861. The summed E-state index contributed by atoms with van der Waals surface area (Å²) in [4.78, 5) is 14.5. The number of thiophene rings is 1. The van der Waals surface area contributed by atoms with Crippen LogP contribution in [0.4, 0.5) is 5.82 Å². The van der Waals surface area contributed by atoms with Crippen molar-refractivity contribution in [3.8, 4) is 0 Å². The van der Waals surface area contributed by atoms with E-state index in [9.17, 15) is 0 Å². The molecule has 0 spiro atoms. The summed E-state index contributed by atoms with van der Waals surface area (Å²) in [5.74, 6) is 2.07. The Hall–Kier alpha value is -1.16. The monoisotopic (exact) mass is 287 g/mol. The third-order valence-electron chi connectivity index (χ3n) is 4.81. The third kappa shape index (κ3) is 2.01. The van der Waals surface area contributed by atoms with Gasteiger partial charge in [0.1, 0.15) is 17.0 Å². The molecule has 0 radical (unpaired) electrons. The van der Waals surface area contributed by atoms with Crippen LogP contribution in [0.3, 0.4) is 0 Å². The molecule has 0 saturated carbocycles. The Morgan fingerprint density at radius 1 is 1.15 bits per heavy atom. The van der Waals surface area contributed by atoms with E-state index in [0.717, 1.165) is 19.0 Å². The van der Waals surface area contributed by atoms with Crippen molar-refractivity contribution in [1.29, 1.82) is 0 Å². The van der Waals surface area contributed by atoms with E-state index in [0.29, 0.717) is 0 Å². The standard InChI is InChI=1S/C16H21N3S/c1-11-6-8-19(9-7-11)15-14-12-4-2-3-5-13(12)20-16(14)18-10-17-15/h10-11H,2-9H2,1H3. The number of hydrogen-bond acceptors (Lipinski definition) is 4. The van der Waals surface area contributed by atoms with Crippen LogP contribution in [0.2, 0.25) is 0 Å². The number of piperidine rings is 1. The second-order valence-electron chi connectivity index (χ2n) is 6.26. The second-order valence-corrected chi connectivity index (χ2v) is 7.34. The highest BCUT2D eigenvalue weighted by Gasteiger charge is 2.24. The zero-order chi connectivity index (χ0) is 13.5. The summed E-state index contributed by atoms with van der Waals surface area (Å²) in [7, 11) is 0. The first-order valence-electron chi connectivity index (χ1n) is 7.83. The Morgan fingerprint density at radius 3 is 2.80 bits per heavy atom. The van der Waals surface area contributed by atoms with Crippen molar-refractivity contribution in [2.75, 3.05) is 18.0 Å². The Morgan fingerprint density at radius 2 is 1.95 bits per heavy atom. The predicted molar refractivity (Wildman–Crippen MR) is 84.7 cm³/mol. The van der Waals surface area contributed by atoms with Crippen LogP contribution >= 0.6 is 11.3 Å². The first kappa shape index (κ1) is 12.6. The van der Waals surface area contributed by atoms with Gasteiger partial charge in [-0.25, -0.2) is 9.97 Å². The highest BCUT2D eigenvalue weighted by molar-refractivity contribution is 7.19. The van der Waals surface area contributed by atoms with Gasteiger partial charge in [-0.2, -0.15) is 0 Å². The van der Waals surface area contributed by atoms with E-state index in [1.807, 2.05) is 11.3 Å². The molecule has 1 saturated heterocycles. The maximum atomic E-state index is 4.66. The highest BCUT2D eigenvalue weighted by atomic mass is 32.1. The average Bonchev–Trinajstić information content (AvgIpc) is 2.86. The quantitative estimate of drug-likeness (QED) is 0.798. The smallest absolute Gasteiger partial charge is 0.141 e. The molecule has 0 unspecified atom stereocenters. The lowest BCUT2D eigenvalue weighted by molar-refractivity contribution is 0.437. The van der Waals surface area contributed by atoms with Gasteiger partial charge in [0.25, 0.3) is 0 Å². The van der Waals surface area contributed by atoms with E-state index >= 15 is 0 Å². The first-order valence-corrected chi connectivity index (χ1v) is 8.65. The van der Waals surface area contributed by atoms with Crippen LogP contribution in [-0.4, -0.2) is 23.1 Å². The van der Waals surface area contributed by atoms with E-state index < -0.39 is 0 Å². The summed E-state index contributed by atoms with van der Waals surface area (Å²) >= 11 is 1.90. The van der Waals surface area contributed by atoms with Gasteiger partial charge in [-0.1, -0.05) is 6.92 Å². The van der Waals surface area contributed by atoms with E-state index in [4.69, 9.17) is 0 Å². The maximum Gasteiger partial charge on any atom is 0.141 e. The highest BCUT2D eigenvalue weighted by Crippen LogP contribution is 2.39. The van der Waals surface area contributed by atoms with E-state index in [2.05, 4.69) is 21.8 Å². The predicted octanol–water partition coefficient (Wildman–Crippen LogP) is 3.81. The van der Waals surface area contributed by atoms with Crippen molar-refractivity contribution in [2.45, 2.75) is 45.4 Å². The zero-order valence-electron chi connectivity index (χ0n) is 12.1.